The predicted molar refractivity (Wildman–Crippen MR) is 82.7 cm³/mol. The van der Waals surface area contributed by atoms with E-state index < -0.39 is 0 Å². The number of halogens is 1. The van der Waals surface area contributed by atoms with E-state index in [-0.39, 0.29) is 11.8 Å². The molecule has 5 nitrogen and oxygen atoms in total. The maximum atomic E-state index is 12.2. The van der Waals surface area contributed by atoms with Crippen LogP contribution in [0.2, 0.25) is 5.02 Å². The van der Waals surface area contributed by atoms with Crippen molar-refractivity contribution in [1.82, 2.24) is 4.98 Å². The molecule has 0 saturated heterocycles. The van der Waals surface area contributed by atoms with E-state index in [2.05, 4.69) is 15.6 Å². The van der Waals surface area contributed by atoms with Gasteiger partial charge in [-0.3, -0.25) is 9.59 Å². The second-order valence-corrected chi connectivity index (χ2v) is 4.88. The van der Waals surface area contributed by atoms with Crippen molar-refractivity contribution in [1.29, 1.82) is 0 Å². The van der Waals surface area contributed by atoms with Crippen LogP contribution in [-0.4, -0.2) is 16.8 Å². The summed E-state index contributed by atoms with van der Waals surface area (Å²) in [6.07, 6.45) is 1.46. The van der Waals surface area contributed by atoms with Crippen molar-refractivity contribution in [2.45, 2.75) is 13.8 Å². The van der Waals surface area contributed by atoms with Crippen LogP contribution in [0.25, 0.3) is 0 Å². The van der Waals surface area contributed by atoms with Crippen LogP contribution in [-0.2, 0) is 4.79 Å². The van der Waals surface area contributed by atoms with Gasteiger partial charge >= 0.3 is 0 Å². The Bertz CT molecular complexity index is 701. The molecule has 6 heteroatoms. The van der Waals surface area contributed by atoms with Crippen LogP contribution in [0.15, 0.2) is 36.5 Å². The van der Waals surface area contributed by atoms with Gasteiger partial charge in [0.15, 0.2) is 0 Å². The summed E-state index contributed by atoms with van der Waals surface area (Å²) in [5, 5.41) is 5.90. The summed E-state index contributed by atoms with van der Waals surface area (Å²) in [4.78, 5) is 27.2. The molecule has 2 amide bonds. The Morgan fingerprint density at radius 3 is 2.67 bits per heavy atom. The molecule has 21 heavy (non-hydrogen) atoms. The number of aromatic nitrogens is 1. The van der Waals surface area contributed by atoms with Gasteiger partial charge in [0.2, 0.25) is 5.91 Å². The van der Waals surface area contributed by atoms with E-state index in [0.29, 0.717) is 22.1 Å². The number of hydrogen-bond donors (Lipinski definition) is 2. The Morgan fingerprint density at radius 1 is 1.19 bits per heavy atom. The summed E-state index contributed by atoms with van der Waals surface area (Å²) >= 11 is 6.02. The molecule has 0 bridgehead atoms. The maximum Gasteiger partial charge on any atom is 0.255 e. The van der Waals surface area contributed by atoms with Crippen molar-refractivity contribution in [3.05, 3.63) is 52.7 Å². The first-order valence-electron chi connectivity index (χ1n) is 6.27. The molecule has 0 spiro atoms. The normalized spacial score (nSPS) is 10.0. The highest BCUT2D eigenvalue weighted by atomic mass is 35.5. The molecule has 0 unspecified atom stereocenters. The van der Waals surface area contributed by atoms with E-state index in [1.54, 1.807) is 24.3 Å². The lowest BCUT2D eigenvalue weighted by Gasteiger charge is -2.10. The fourth-order valence-corrected chi connectivity index (χ4v) is 1.93. The Hall–Kier alpha value is -2.40. The molecule has 0 atom stereocenters. The summed E-state index contributed by atoms with van der Waals surface area (Å²) in [5.41, 5.74) is 1.84. The number of rotatable bonds is 3. The van der Waals surface area contributed by atoms with Gasteiger partial charge in [-0.2, -0.15) is 0 Å². The average Bonchev–Trinajstić information content (AvgIpc) is 2.43. The van der Waals surface area contributed by atoms with Crippen LogP contribution in [0.1, 0.15) is 22.8 Å². The molecule has 2 N–H and O–H groups in total. The highest BCUT2D eigenvalue weighted by molar-refractivity contribution is 6.31. The van der Waals surface area contributed by atoms with Crippen LogP contribution in [0, 0.1) is 6.92 Å². The van der Waals surface area contributed by atoms with Gasteiger partial charge in [-0.05, 0) is 36.8 Å². The fourth-order valence-electron chi connectivity index (χ4n) is 1.76. The lowest BCUT2D eigenvalue weighted by Crippen LogP contribution is -2.14. The second kappa shape index (κ2) is 6.37. The zero-order chi connectivity index (χ0) is 15.4. The summed E-state index contributed by atoms with van der Waals surface area (Å²) in [6, 6.07) is 8.38. The average molecular weight is 304 g/mol. The molecular formula is C15H14ClN3O2. The van der Waals surface area contributed by atoms with E-state index in [9.17, 15) is 9.59 Å². The smallest absolute Gasteiger partial charge is 0.255 e. The highest BCUT2D eigenvalue weighted by Crippen LogP contribution is 2.23. The minimum atomic E-state index is -0.297. The molecule has 2 rings (SSSR count). The van der Waals surface area contributed by atoms with E-state index in [1.807, 2.05) is 6.92 Å². The minimum Gasteiger partial charge on any atom is -0.322 e. The molecule has 2 aromatic rings. The van der Waals surface area contributed by atoms with E-state index >= 15 is 0 Å². The number of carbonyl (C=O) groups is 2. The number of amides is 2. The summed E-state index contributed by atoms with van der Waals surface area (Å²) in [7, 11) is 0. The van der Waals surface area contributed by atoms with Crippen LogP contribution in [0.4, 0.5) is 11.5 Å². The summed E-state index contributed by atoms with van der Waals surface area (Å²) < 4.78 is 0. The van der Waals surface area contributed by atoms with Gasteiger partial charge in [0, 0.05) is 29.4 Å². The molecule has 0 aliphatic rings. The molecule has 0 radical (unpaired) electrons. The molecule has 0 aliphatic heterocycles. The van der Waals surface area contributed by atoms with E-state index in [4.69, 9.17) is 11.6 Å². The maximum absolute atomic E-state index is 12.2. The quantitative estimate of drug-likeness (QED) is 0.914. The van der Waals surface area contributed by atoms with Crippen LogP contribution in [0.5, 0.6) is 0 Å². The van der Waals surface area contributed by atoms with Crippen molar-refractivity contribution in [3.63, 3.8) is 0 Å². The molecule has 1 aromatic carbocycles. The molecule has 1 heterocycles. The number of nitrogens with one attached hydrogen (secondary N) is 2. The fraction of sp³-hybridized carbons (Fsp3) is 0.133. The Balaban J connectivity index is 2.20. The third kappa shape index (κ3) is 3.79. The number of carbonyl (C=O) groups excluding carboxylic acids is 2. The molecule has 0 saturated carbocycles. The zero-order valence-corrected chi connectivity index (χ0v) is 12.4. The van der Waals surface area contributed by atoms with Crippen molar-refractivity contribution in [3.8, 4) is 0 Å². The molecule has 1 aromatic heterocycles. The number of anilines is 2. The van der Waals surface area contributed by atoms with Gasteiger partial charge in [-0.1, -0.05) is 17.7 Å². The van der Waals surface area contributed by atoms with E-state index in [1.165, 1.54) is 19.2 Å². The van der Waals surface area contributed by atoms with Gasteiger partial charge in [0.1, 0.15) is 5.82 Å². The topological polar surface area (TPSA) is 71.1 Å². The van der Waals surface area contributed by atoms with Gasteiger partial charge in [0.25, 0.3) is 5.91 Å². The third-order valence-corrected chi connectivity index (χ3v) is 3.25. The first-order chi connectivity index (χ1) is 9.97. The van der Waals surface area contributed by atoms with Gasteiger partial charge in [-0.25, -0.2) is 4.98 Å². The first kappa shape index (κ1) is 15.0. The second-order valence-electron chi connectivity index (χ2n) is 4.48. The van der Waals surface area contributed by atoms with Crippen LogP contribution < -0.4 is 10.6 Å². The van der Waals surface area contributed by atoms with Crippen molar-refractivity contribution >= 4 is 34.9 Å². The molecule has 0 aliphatic carbocycles. The Morgan fingerprint density at radius 2 is 1.95 bits per heavy atom. The Kier molecular flexibility index (Phi) is 4.55. The lowest BCUT2D eigenvalue weighted by atomic mass is 10.2. The molecular weight excluding hydrogens is 290 g/mol. The highest BCUT2D eigenvalue weighted by Gasteiger charge is 2.10. The van der Waals surface area contributed by atoms with Gasteiger partial charge in [-0.15, -0.1) is 0 Å². The van der Waals surface area contributed by atoms with Crippen LogP contribution >= 0.6 is 11.6 Å². The number of nitrogens with zero attached hydrogens (tertiary/aromatic N) is 1. The largest absolute Gasteiger partial charge is 0.322 e. The molecule has 0 fully saturated rings. The third-order valence-electron chi connectivity index (χ3n) is 2.84. The summed E-state index contributed by atoms with van der Waals surface area (Å²) in [6.45, 7) is 3.21. The number of pyridine rings is 1. The number of benzene rings is 1. The standard InChI is InChI=1S/C15H14ClN3O2/c1-9-12(16)4-3-5-13(9)19-15(21)11-6-7-17-14(8-11)18-10(2)20/h3-8H,1-2H3,(H,19,21)(H,17,18,20). The van der Waals surface area contributed by atoms with Gasteiger partial charge < -0.3 is 10.6 Å². The van der Waals surface area contributed by atoms with Crippen LogP contribution in [0.3, 0.4) is 0 Å². The van der Waals surface area contributed by atoms with Gasteiger partial charge in [0.05, 0.1) is 0 Å². The number of hydrogen-bond acceptors (Lipinski definition) is 3. The minimum absolute atomic E-state index is 0.245. The summed E-state index contributed by atoms with van der Waals surface area (Å²) in [5.74, 6) is -0.210. The SMILES string of the molecule is CC(=O)Nc1cc(C(=O)Nc2cccc(Cl)c2C)ccn1. The van der Waals surface area contributed by atoms with E-state index in [0.717, 1.165) is 5.56 Å². The van der Waals surface area contributed by atoms with Crippen molar-refractivity contribution in [2.75, 3.05) is 10.6 Å². The molecule has 108 valence electrons. The zero-order valence-electron chi connectivity index (χ0n) is 11.6. The first-order valence-corrected chi connectivity index (χ1v) is 6.65. The van der Waals surface area contributed by atoms with Crippen molar-refractivity contribution in [2.24, 2.45) is 0 Å². The monoisotopic (exact) mass is 303 g/mol. The Labute approximate surface area is 127 Å². The lowest BCUT2D eigenvalue weighted by molar-refractivity contribution is -0.114. The predicted octanol–water partition coefficient (Wildman–Crippen LogP) is 3.25. The van der Waals surface area contributed by atoms with Crippen molar-refractivity contribution < 1.29 is 9.59 Å².